The summed E-state index contributed by atoms with van der Waals surface area (Å²) in [4.78, 5) is 27.9. The van der Waals surface area contributed by atoms with Gasteiger partial charge in [0, 0.05) is 44.8 Å². The summed E-state index contributed by atoms with van der Waals surface area (Å²) in [6, 6.07) is 6.95. The number of aliphatic carboxylic acids is 1. The molecule has 0 aromatic heterocycles. The summed E-state index contributed by atoms with van der Waals surface area (Å²) in [5.41, 5.74) is 0.629. The van der Waals surface area contributed by atoms with E-state index < -0.39 is 11.9 Å². The SMILES string of the molecule is COc1ccc(NC(=O)C[C@@H](CN2CCN(C)CC2)C(=O)O)cc1. The number of likely N-dealkylation sites (N-methyl/N-ethyl adjacent to an activating group) is 1. The highest BCUT2D eigenvalue weighted by Crippen LogP contribution is 2.16. The summed E-state index contributed by atoms with van der Waals surface area (Å²) in [5, 5.41) is 12.1. The van der Waals surface area contributed by atoms with Gasteiger partial charge >= 0.3 is 5.97 Å². The van der Waals surface area contributed by atoms with Gasteiger partial charge in [-0.05, 0) is 31.3 Å². The fraction of sp³-hybridized carbons (Fsp3) is 0.529. The van der Waals surface area contributed by atoms with Crippen LogP contribution in [0.15, 0.2) is 24.3 Å². The van der Waals surface area contributed by atoms with Gasteiger partial charge in [0.2, 0.25) is 5.91 Å². The van der Waals surface area contributed by atoms with Crippen molar-refractivity contribution in [3.8, 4) is 5.75 Å². The summed E-state index contributed by atoms with van der Waals surface area (Å²) in [6.45, 7) is 3.91. The number of hydrogen-bond acceptors (Lipinski definition) is 5. The Balaban J connectivity index is 1.86. The monoisotopic (exact) mass is 335 g/mol. The second-order valence-corrected chi connectivity index (χ2v) is 6.12. The van der Waals surface area contributed by atoms with Crippen LogP contribution in [0.5, 0.6) is 5.75 Å². The van der Waals surface area contributed by atoms with Crippen LogP contribution in [-0.4, -0.2) is 73.7 Å². The molecule has 1 aliphatic heterocycles. The van der Waals surface area contributed by atoms with Crippen molar-refractivity contribution in [2.24, 2.45) is 5.92 Å². The van der Waals surface area contributed by atoms with Crippen molar-refractivity contribution in [1.82, 2.24) is 9.80 Å². The van der Waals surface area contributed by atoms with Crippen LogP contribution in [0.2, 0.25) is 0 Å². The number of nitrogens with one attached hydrogen (secondary N) is 1. The van der Waals surface area contributed by atoms with Gasteiger partial charge in [0.15, 0.2) is 0 Å². The number of amides is 1. The standard InChI is InChI=1S/C17H25N3O4/c1-19-7-9-20(10-8-19)12-13(17(22)23)11-16(21)18-14-3-5-15(24-2)6-4-14/h3-6,13H,7-12H2,1-2H3,(H,18,21)(H,22,23)/t13-/m0/s1. The molecule has 1 saturated heterocycles. The molecule has 0 saturated carbocycles. The van der Waals surface area contributed by atoms with Crippen molar-refractivity contribution in [3.63, 3.8) is 0 Å². The first-order chi connectivity index (χ1) is 11.5. The van der Waals surface area contributed by atoms with E-state index in [-0.39, 0.29) is 12.3 Å². The van der Waals surface area contributed by atoms with Crippen molar-refractivity contribution in [3.05, 3.63) is 24.3 Å². The Morgan fingerprint density at radius 3 is 2.38 bits per heavy atom. The Kier molecular flexibility index (Phi) is 6.57. The molecule has 7 heteroatoms. The van der Waals surface area contributed by atoms with Gasteiger partial charge in [-0.3, -0.25) is 14.5 Å². The lowest BCUT2D eigenvalue weighted by Gasteiger charge is -2.33. The topological polar surface area (TPSA) is 82.1 Å². The number of hydrogen-bond donors (Lipinski definition) is 2. The van der Waals surface area contributed by atoms with Crippen molar-refractivity contribution in [1.29, 1.82) is 0 Å². The van der Waals surface area contributed by atoms with Gasteiger partial charge in [0.25, 0.3) is 0 Å². The van der Waals surface area contributed by atoms with Crippen LogP contribution in [0.25, 0.3) is 0 Å². The molecule has 132 valence electrons. The molecule has 2 N–H and O–H groups in total. The maximum absolute atomic E-state index is 12.1. The summed E-state index contributed by atoms with van der Waals surface area (Å²) >= 11 is 0. The van der Waals surface area contributed by atoms with E-state index in [4.69, 9.17) is 4.74 Å². The Labute approximate surface area is 142 Å². The molecule has 0 spiro atoms. The molecule has 0 aliphatic carbocycles. The van der Waals surface area contributed by atoms with Gasteiger partial charge in [-0.2, -0.15) is 0 Å². The number of methoxy groups -OCH3 is 1. The molecular weight excluding hydrogens is 310 g/mol. The molecule has 1 aliphatic rings. The predicted octanol–water partition coefficient (Wildman–Crippen LogP) is 0.972. The van der Waals surface area contributed by atoms with Crippen LogP contribution < -0.4 is 10.1 Å². The average Bonchev–Trinajstić information content (AvgIpc) is 2.56. The summed E-state index contributed by atoms with van der Waals surface area (Å²) in [7, 11) is 3.62. The number of carbonyl (C=O) groups excluding carboxylic acids is 1. The number of piperazine rings is 1. The van der Waals surface area contributed by atoms with Gasteiger partial charge in [-0.15, -0.1) is 0 Å². The Morgan fingerprint density at radius 1 is 1.21 bits per heavy atom. The second kappa shape index (κ2) is 8.65. The largest absolute Gasteiger partial charge is 0.497 e. The molecule has 1 aromatic rings. The smallest absolute Gasteiger partial charge is 0.308 e. The zero-order chi connectivity index (χ0) is 17.5. The van der Waals surface area contributed by atoms with Crippen molar-refractivity contribution in [2.45, 2.75) is 6.42 Å². The number of benzene rings is 1. The number of ether oxygens (including phenoxy) is 1. The summed E-state index contributed by atoms with van der Waals surface area (Å²) < 4.78 is 5.06. The average molecular weight is 335 g/mol. The second-order valence-electron chi connectivity index (χ2n) is 6.12. The zero-order valence-electron chi connectivity index (χ0n) is 14.2. The highest BCUT2D eigenvalue weighted by molar-refractivity contribution is 5.93. The number of anilines is 1. The zero-order valence-corrected chi connectivity index (χ0v) is 14.2. The summed E-state index contributed by atoms with van der Waals surface area (Å²) in [5.74, 6) is -1.22. The van der Waals surface area contributed by atoms with Gasteiger partial charge in [0.1, 0.15) is 5.75 Å². The van der Waals surface area contributed by atoms with E-state index in [0.29, 0.717) is 18.0 Å². The lowest BCUT2D eigenvalue weighted by Crippen LogP contribution is -2.47. The summed E-state index contributed by atoms with van der Waals surface area (Å²) in [6.07, 6.45) is -0.0340. The maximum atomic E-state index is 12.1. The highest BCUT2D eigenvalue weighted by Gasteiger charge is 2.25. The Morgan fingerprint density at radius 2 is 1.83 bits per heavy atom. The van der Waals surface area contributed by atoms with Gasteiger partial charge in [0.05, 0.1) is 13.0 Å². The molecule has 7 nitrogen and oxygen atoms in total. The van der Waals surface area contributed by atoms with Crippen molar-refractivity contribution in [2.75, 3.05) is 52.2 Å². The molecule has 0 unspecified atom stereocenters. The quantitative estimate of drug-likeness (QED) is 0.773. The molecule has 1 amide bonds. The molecule has 1 fully saturated rings. The molecule has 1 atom stereocenters. The van der Waals surface area contributed by atoms with Crippen LogP contribution in [0.3, 0.4) is 0 Å². The van der Waals surface area contributed by atoms with E-state index in [2.05, 4.69) is 15.1 Å². The number of carboxylic acids is 1. The van der Waals surface area contributed by atoms with E-state index in [1.807, 2.05) is 7.05 Å². The van der Waals surface area contributed by atoms with E-state index in [0.717, 1.165) is 26.2 Å². The molecule has 24 heavy (non-hydrogen) atoms. The lowest BCUT2D eigenvalue weighted by molar-refractivity contribution is -0.144. The third-order valence-corrected chi connectivity index (χ3v) is 4.23. The molecule has 0 radical (unpaired) electrons. The van der Waals surface area contributed by atoms with Crippen LogP contribution >= 0.6 is 0 Å². The normalized spacial score (nSPS) is 17.2. The fourth-order valence-corrected chi connectivity index (χ4v) is 2.68. The molecule has 1 aromatic carbocycles. The minimum atomic E-state index is -0.932. The van der Waals surface area contributed by atoms with Crippen molar-refractivity contribution < 1.29 is 19.4 Å². The first-order valence-electron chi connectivity index (χ1n) is 8.05. The molecule has 2 rings (SSSR count). The van der Waals surface area contributed by atoms with Crippen LogP contribution in [0.1, 0.15) is 6.42 Å². The van der Waals surface area contributed by atoms with Crippen LogP contribution in [0.4, 0.5) is 5.69 Å². The van der Waals surface area contributed by atoms with Crippen molar-refractivity contribution >= 4 is 17.6 Å². The maximum Gasteiger partial charge on any atom is 0.308 e. The number of rotatable bonds is 7. The van der Waals surface area contributed by atoms with Crippen LogP contribution in [0, 0.1) is 5.92 Å². The van der Waals surface area contributed by atoms with E-state index in [1.165, 1.54) is 0 Å². The number of nitrogens with zero attached hydrogens (tertiary/aromatic N) is 2. The van der Waals surface area contributed by atoms with Gasteiger partial charge in [-0.1, -0.05) is 0 Å². The Bertz CT molecular complexity index is 553. The Hall–Kier alpha value is -2.12. The minimum absolute atomic E-state index is 0.0340. The molecule has 0 bridgehead atoms. The third kappa shape index (κ3) is 5.50. The predicted molar refractivity (Wildman–Crippen MR) is 91.3 cm³/mol. The highest BCUT2D eigenvalue weighted by atomic mass is 16.5. The van der Waals surface area contributed by atoms with Gasteiger partial charge in [-0.25, -0.2) is 0 Å². The number of carbonyl (C=O) groups is 2. The number of carboxylic acid groups (broad SMARTS) is 1. The lowest BCUT2D eigenvalue weighted by atomic mass is 10.0. The van der Waals surface area contributed by atoms with E-state index in [1.54, 1.807) is 31.4 Å². The first kappa shape index (κ1) is 18.2. The molecule has 1 heterocycles. The first-order valence-corrected chi connectivity index (χ1v) is 8.05. The minimum Gasteiger partial charge on any atom is -0.497 e. The van der Waals surface area contributed by atoms with E-state index >= 15 is 0 Å². The molecular formula is C17H25N3O4. The third-order valence-electron chi connectivity index (χ3n) is 4.23. The fourth-order valence-electron chi connectivity index (χ4n) is 2.68. The van der Waals surface area contributed by atoms with Crippen LogP contribution in [-0.2, 0) is 9.59 Å². The van der Waals surface area contributed by atoms with Gasteiger partial charge < -0.3 is 20.1 Å². The van der Waals surface area contributed by atoms with E-state index in [9.17, 15) is 14.7 Å².